The average Bonchev–Trinajstić information content (AvgIpc) is 2.29. The van der Waals surface area contributed by atoms with Crippen LogP contribution in [0.15, 0.2) is 21.5 Å². The number of hydrogen-bond acceptors (Lipinski definition) is 2. The van der Waals surface area contributed by atoms with Gasteiger partial charge in [0.15, 0.2) is 0 Å². The van der Waals surface area contributed by atoms with Crippen LogP contribution >= 0.6 is 27.5 Å². The topological polar surface area (TPSA) is 37.4 Å². The molecule has 7 heteroatoms. The first-order valence-electron chi connectivity index (χ1n) is 5.90. The fourth-order valence-corrected chi connectivity index (χ4v) is 4.40. The molecule has 1 fully saturated rings. The predicted octanol–water partition coefficient (Wildman–Crippen LogP) is 3.50. The highest BCUT2D eigenvalue weighted by atomic mass is 79.9. The van der Waals surface area contributed by atoms with Gasteiger partial charge in [-0.1, -0.05) is 22.4 Å². The summed E-state index contributed by atoms with van der Waals surface area (Å²) < 4.78 is 40.8. The molecule has 1 saturated carbocycles. The number of nitrogens with zero attached hydrogens (tertiary/aromatic N) is 1. The van der Waals surface area contributed by atoms with Crippen molar-refractivity contribution in [2.45, 2.75) is 36.1 Å². The summed E-state index contributed by atoms with van der Waals surface area (Å²) >= 11 is 8.83. The zero-order chi connectivity index (χ0) is 14.2. The van der Waals surface area contributed by atoms with Crippen LogP contribution in [0, 0.1) is 5.82 Å². The first kappa shape index (κ1) is 15.2. The molecule has 0 heterocycles. The lowest BCUT2D eigenvalue weighted by molar-refractivity contribution is 0.249. The molecule has 1 aromatic rings. The second kappa shape index (κ2) is 5.68. The molecule has 1 aliphatic rings. The number of rotatable bonds is 4. The number of benzene rings is 1. The van der Waals surface area contributed by atoms with E-state index in [2.05, 4.69) is 15.9 Å². The third-order valence-electron chi connectivity index (χ3n) is 3.47. The van der Waals surface area contributed by atoms with E-state index in [0.717, 1.165) is 19.3 Å². The van der Waals surface area contributed by atoms with Crippen LogP contribution in [0.25, 0.3) is 0 Å². The van der Waals surface area contributed by atoms with Crippen molar-refractivity contribution in [3.8, 4) is 0 Å². The van der Waals surface area contributed by atoms with Gasteiger partial charge in [-0.15, -0.1) is 11.6 Å². The van der Waals surface area contributed by atoms with Gasteiger partial charge in [-0.05, 0) is 25.0 Å². The summed E-state index contributed by atoms with van der Waals surface area (Å²) in [4.78, 5) is -0.313. The van der Waals surface area contributed by atoms with E-state index in [-0.39, 0.29) is 22.4 Å². The Morgan fingerprint density at radius 1 is 1.47 bits per heavy atom. The molecule has 19 heavy (non-hydrogen) atoms. The van der Waals surface area contributed by atoms with Crippen LogP contribution in [-0.4, -0.2) is 25.8 Å². The molecule has 0 saturated heterocycles. The molecule has 0 spiro atoms. The van der Waals surface area contributed by atoms with Crippen molar-refractivity contribution in [3.05, 3.63) is 28.0 Å². The molecule has 106 valence electrons. The molecule has 0 atom stereocenters. The van der Waals surface area contributed by atoms with Crippen LogP contribution in [0.3, 0.4) is 0 Å². The van der Waals surface area contributed by atoms with Gasteiger partial charge in [0.2, 0.25) is 10.0 Å². The Morgan fingerprint density at radius 2 is 2.11 bits per heavy atom. The van der Waals surface area contributed by atoms with Crippen molar-refractivity contribution in [2.75, 3.05) is 7.05 Å². The van der Waals surface area contributed by atoms with Crippen LogP contribution in [-0.2, 0) is 15.9 Å². The summed E-state index contributed by atoms with van der Waals surface area (Å²) in [5, 5.41) is 0. The van der Waals surface area contributed by atoms with Gasteiger partial charge in [-0.25, -0.2) is 12.8 Å². The standard InChI is InChI=1S/C12H14BrClFNO2S/c1-16(10-3-2-4-10)19(17,18)11-6-9(13)5-8(7-14)12(11)15/h5-6,10H,2-4,7H2,1H3. The summed E-state index contributed by atoms with van der Waals surface area (Å²) in [5.74, 6) is -0.828. The van der Waals surface area contributed by atoms with Crippen molar-refractivity contribution < 1.29 is 12.8 Å². The number of halogens is 3. The largest absolute Gasteiger partial charge is 0.246 e. The minimum absolute atomic E-state index is 0.0252. The van der Waals surface area contributed by atoms with Crippen LogP contribution in [0.4, 0.5) is 4.39 Å². The molecule has 0 radical (unpaired) electrons. The minimum Gasteiger partial charge on any atom is -0.207 e. The molecular weight excluding hydrogens is 357 g/mol. The second-order valence-electron chi connectivity index (χ2n) is 4.62. The Balaban J connectivity index is 2.47. The van der Waals surface area contributed by atoms with Crippen LogP contribution < -0.4 is 0 Å². The summed E-state index contributed by atoms with van der Waals surface area (Å²) in [7, 11) is -2.32. The normalized spacial score (nSPS) is 16.7. The van der Waals surface area contributed by atoms with Gasteiger partial charge in [0.1, 0.15) is 10.7 Å². The van der Waals surface area contributed by atoms with Crippen molar-refractivity contribution >= 4 is 37.6 Å². The molecule has 1 aromatic carbocycles. The quantitative estimate of drug-likeness (QED) is 0.761. The second-order valence-corrected chi connectivity index (χ2v) is 7.77. The van der Waals surface area contributed by atoms with E-state index >= 15 is 0 Å². The molecule has 0 bridgehead atoms. The van der Waals surface area contributed by atoms with Gasteiger partial charge in [-0.2, -0.15) is 4.31 Å². The first-order chi connectivity index (χ1) is 8.87. The highest BCUT2D eigenvalue weighted by molar-refractivity contribution is 9.10. The summed E-state index contributed by atoms with van der Waals surface area (Å²) in [6.07, 6.45) is 2.67. The molecule has 3 nitrogen and oxygen atoms in total. The Labute approximate surface area is 125 Å². The zero-order valence-corrected chi connectivity index (χ0v) is 13.5. The number of alkyl halides is 1. The maximum Gasteiger partial charge on any atom is 0.246 e. The van der Waals surface area contributed by atoms with Crippen molar-refractivity contribution in [1.29, 1.82) is 0 Å². The summed E-state index contributed by atoms with van der Waals surface area (Å²) in [6, 6.07) is 2.75. The van der Waals surface area contributed by atoms with Gasteiger partial charge in [0, 0.05) is 23.1 Å². The Morgan fingerprint density at radius 3 is 2.58 bits per heavy atom. The molecule has 1 aliphatic carbocycles. The fourth-order valence-electron chi connectivity index (χ4n) is 2.00. The molecule has 0 aromatic heterocycles. The third-order valence-corrected chi connectivity index (χ3v) is 6.12. The van der Waals surface area contributed by atoms with Crippen molar-refractivity contribution in [3.63, 3.8) is 0 Å². The molecule has 0 aliphatic heterocycles. The Kier molecular flexibility index (Phi) is 4.55. The van der Waals surface area contributed by atoms with Crippen molar-refractivity contribution in [2.24, 2.45) is 0 Å². The van der Waals surface area contributed by atoms with E-state index in [9.17, 15) is 12.8 Å². The number of sulfonamides is 1. The van der Waals surface area contributed by atoms with E-state index in [1.807, 2.05) is 0 Å². The monoisotopic (exact) mass is 369 g/mol. The lowest BCUT2D eigenvalue weighted by atomic mass is 9.94. The fraction of sp³-hybridized carbons (Fsp3) is 0.500. The van der Waals surface area contributed by atoms with E-state index < -0.39 is 15.8 Å². The van der Waals surface area contributed by atoms with Gasteiger partial charge in [-0.3, -0.25) is 0 Å². The highest BCUT2D eigenvalue weighted by Crippen LogP contribution is 2.32. The van der Waals surface area contributed by atoms with Crippen LogP contribution in [0.1, 0.15) is 24.8 Å². The molecule has 0 N–H and O–H groups in total. The Hall–Kier alpha value is -0.170. The predicted molar refractivity (Wildman–Crippen MR) is 76.2 cm³/mol. The zero-order valence-electron chi connectivity index (χ0n) is 10.4. The van der Waals surface area contributed by atoms with Gasteiger partial charge >= 0.3 is 0 Å². The minimum atomic E-state index is -3.82. The van der Waals surface area contributed by atoms with Crippen LogP contribution in [0.5, 0.6) is 0 Å². The van der Waals surface area contributed by atoms with Crippen molar-refractivity contribution in [1.82, 2.24) is 4.31 Å². The molecule has 0 amide bonds. The Bertz CT molecular complexity index is 590. The van der Waals surface area contributed by atoms with Gasteiger partial charge in [0.25, 0.3) is 0 Å². The van der Waals surface area contributed by atoms with E-state index in [1.165, 1.54) is 23.5 Å². The molecular formula is C12H14BrClFNO2S. The summed E-state index contributed by atoms with van der Waals surface area (Å²) in [6.45, 7) is 0. The average molecular weight is 371 g/mol. The smallest absolute Gasteiger partial charge is 0.207 e. The third kappa shape index (κ3) is 2.82. The molecule has 0 unspecified atom stereocenters. The van der Waals surface area contributed by atoms with E-state index in [4.69, 9.17) is 11.6 Å². The molecule has 2 rings (SSSR count). The lowest BCUT2D eigenvalue weighted by Crippen LogP contribution is -2.41. The SMILES string of the molecule is CN(C1CCC1)S(=O)(=O)c1cc(Br)cc(CCl)c1F. The number of hydrogen-bond donors (Lipinski definition) is 0. The highest BCUT2D eigenvalue weighted by Gasteiger charge is 2.34. The van der Waals surface area contributed by atoms with E-state index in [1.54, 1.807) is 0 Å². The maximum absolute atomic E-state index is 14.2. The van der Waals surface area contributed by atoms with Gasteiger partial charge < -0.3 is 0 Å². The van der Waals surface area contributed by atoms with Gasteiger partial charge in [0.05, 0.1) is 5.88 Å². The van der Waals surface area contributed by atoms with E-state index in [0.29, 0.717) is 4.47 Å². The maximum atomic E-state index is 14.2. The summed E-state index contributed by atoms with van der Waals surface area (Å²) in [5.41, 5.74) is 0.177. The van der Waals surface area contributed by atoms with Crippen LogP contribution in [0.2, 0.25) is 0 Å². The lowest BCUT2D eigenvalue weighted by Gasteiger charge is -2.33. The first-order valence-corrected chi connectivity index (χ1v) is 8.66.